The lowest BCUT2D eigenvalue weighted by molar-refractivity contribution is 0.535. The quantitative estimate of drug-likeness (QED) is 0.502. The van der Waals surface area contributed by atoms with E-state index < -0.39 is 0 Å². The lowest BCUT2D eigenvalue weighted by Crippen LogP contribution is -2.30. The molecule has 0 heterocycles. The summed E-state index contributed by atoms with van der Waals surface area (Å²) in [5.74, 6) is 1.23. The molecule has 0 unspecified atom stereocenters. The topological polar surface area (TPSA) is 12.0 Å². The van der Waals surface area contributed by atoms with Crippen LogP contribution in [0.25, 0.3) is 0 Å². The zero-order valence-electron chi connectivity index (χ0n) is 7.53. The van der Waals surface area contributed by atoms with Gasteiger partial charge in [0, 0.05) is 11.3 Å². The van der Waals surface area contributed by atoms with Crippen molar-refractivity contribution in [3.63, 3.8) is 0 Å². The molecule has 0 spiro atoms. The van der Waals surface area contributed by atoms with Gasteiger partial charge in [-0.25, -0.2) is 0 Å². The molecule has 0 aliphatic rings. The molecule has 0 aromatic carbocycles. The number of hydrogen-bond donors (Lipinski definition) is 1. The first-order valence-electron chi connectivity index (χ1n) is 3.95. The first-order chi connectivity index (χ1) is 4.56. The average Bonchev–Trinajstić information content (AvgIpc) is 1.78. The van der Waals surface area contributed by atoms with Crippen LogP contribution in [0.2, 0.25) is 0 Å². The van der Waals surface area contributed by atoms with E-state index in [1.807, 2.05) is 11.9 Å². The molecule has 2 heteroatoms. The van der Waals surface area contributed by atoms with Crippen LogP contribution in [0, 0.1) is 0 Å². The van der Waals surface area contributed by atoms with E-state index in [0.29, 0.717) is 0 Å². The van der Waals surface area contributed by atoms with Crippen molar-refractivity contribution in [3.8, 4) is 0 Å². The molecule has 0 aromatic rings. The molecule has 0 fully saturated rings. The lowest BCUT2D eigenvalue weighted by atomic mass is 10.1. The molecule has 0 amide bonds. The van der Waals surface area contributed by atoms with E-state index in [9.17, 15) is 0 Å². The SMILES string of the molecule is CCCCSNC(C)(C)C. The van der Waals surface area contributed by atoms with Crippen molar-refractivity contribution in [2.24, 2.45) is 0 Å². The van der Waals surface area contributed by atoms with Gasteiger partial charge in [-0.3, -0.25) is 4.72 Å². The van der Waals surface area contributed by atoms with Gasteiger partial charge in [0.2, 0.25) is 0 Å². The third-order valence-electron chi connectivity index (χ3n) is 0.978. The van der Waals surface area contributed by atoms with Crippen molar-refractivity contribution in [3.05, 3.63) is 0 Å². The minimum absolute atomic E-state index is 0.262. The molecule has 1 N–H and O–H groups in total. The van der Waals surface area contributed by atoms with Crippen molar-refractivity contribution >= 4 is 11.9 Å². The van der Waals surface area contributed by atoms with Gasteiger partial charge in [0.05, 0.1) is 0 Å². The number of rotatable bonds is 4. The zero-order valence-corrected chi connectivity index (χ0v) is 8.35. The van der Waals surface area contributed by atoms with Crippen LogP contribution in [-0.4, -0.2) is 11.3 Å². The second-order valence-electron chi connectivity index (χ2n) is 3.55. The Hall–Kier alpha value is 0.310. The summed E-state index contributed by atoms with van der Waals surface area (Å²) in [5.41, 5.74) is 0.262. The van der Waals surface area contributed by atoms with Crippen LogP contribution < -0.4 is 4.72 Å². The Labute approximate surface area is 69.1 Å². The predicted molar refractivity (Wildman–Crippen MR) is 50.3 cm³/mol. The van der Waals surface area contributed by atoms with E-state index in [0.717, 1.165) is 0 Å². The van der Waals surface area contributed by atoms with Crippen molar-refractivity contribution in [1.29, 1.82) is 0 Å². The molecule has 0 saturated heterocycles. The highest BCUT2D eigenvalue weighted by Crippen LogP contribution is 2.07. The summed E-state index contributed by atoms with van der Waals surface area (Å²) in [6.45, 7) is 8.78. The Balaban J connectivity index is 3.04. The molecule has 0 aliphatic carbocycles. The molecule has 0 aliphatic heterocycles. The first-order valence-corrected chi connectivity index (χ1v) is 4.94. The number of hydrogen-bond acceptors (Lipinski definition) is 2. The number of nitrogens with one attached hydrogen (secondary N) is 1. The fraction of sp³-hybridized carbons (Fsp3) is 1.00. The van der Waals surface area contributed by atoms with Crippen molar-refractivity contribution in [1.82, 2.24) is 4.72 Å². The van der Waals surface area contributed by atoms with Crippen molar-refractivity contribution in [2.75, 3.05) is 5.75 Å². The van der Waals surface area contributed by atoms with Crippen LogP contribution in [0.4, 0.5) is 0 Å². The van der Waals surface area contributed by atoms with Gasteiger partial charge in [-0.1, -0.05) is 25.3 Å². The molecule has 10 heavy (non-hydrogen) atoms. The highest BCUT2D eigenvalue weighted by Gasteiger charge is 2.07. The summed E-state index contributed by atoms with van der Waals surface area (Å²) in [6, 6.07) is 0. The van der Waals surface area contributed by atoms with Gasteiger partial charge < -0.3 is 0 Å². The Morgan fingerprint density at radius 3 is 2.30 bits per heavy atom. The lowest BCUT2D eigenvalue weighted by Gasteiger charge is -2.19. The van der Waals surface area contributed by atoms with Gasteiger partial charge in [0.25, 0.3) is 0 Å². The molecule has 0 radical (unpaired) electrons. The summed E-state index contributed by atoms with van der Waals surface area (Å²) >= 11 is 1.83. The maximum absolute atomic E-state index is 3.37. The molecule has 0 rings (SSSR count). The van der Waals surface area contributed by atoms with Gasteiger partial charge >= 0.3 is 0 Å². The Morgan fingerprint density at radius 1 is 1.30 bits per heavy atom. The van der Waals surface area contributed by atoms with Gasteiger partial charge in [-0.05, 0) is 27.2 Å². The first kappa shape index (κ1) is 10.3. The van der Waals surface area contributed by atoms with Crippen LogP contribution >= 0.6 is 11.9 Å². The monoisotopic (exact) mass is 161 g/mol. The van der Waals surface area contributed by atoms with E-state index in [1.165, 1.54) is 18.6 Å². The maximum atomic E-state index is 3.37. The third kappa shape index (κ3) is 8.31. The van der Waals surface area contributed by atoms with Crippen LogP contribution in [0.3, 0.4) is 0 Å². The second-order valence-corrected chi connectivity index (χ2v) is 4.46. The molecular weight excluding hydrogens is 142 g/mol. The normalized spacial score (nSPS) is 12.0. The Bertz CT molecular complexity index is 75.8. The molecule has 1 nitrogen and oxygen atoms in total. The molecule has 0 bridgehead atoms. The Morgan fingerprint density at radius 2 is 1.90 bits per heavy atom. The molecule has 0 saturated carbocycles. The highest BCUT2D eigenvalue weighted by atomic mass is 32.2. The summed E-state index contributed by atoms with van der Waals surface area (Å²) in [6.07, 6.45) is 2.60. The summed E-state index contributed by atoms with van der Waals surface area (Å²) < 4.78 is 3.37. The minimum Gasteiger partial charge on any atom is -0.259 e. The molecule has 0 aromatic heterocycles. The van der Waals surface area contributed by atoms with Crippen LogP contribution in [-0.2, 0) is 0 Å². The van der Waals surface area contributed by atoms with E-state index in [-0.39, 0.29) is 5.54 Å². The van der Waals surface area contributed by atoms with Crippen LogP contribution in [0.1, 0.15) is 40.5 Å². The van der Waals surface area contributed by atoms with E-state index >= 15 is 0 Å². The van der Waals surface area contributed by atoms with Crippen LogP contribution in [0.15, 0.2) is 0 Å². The van der Waals surface area contributed by atoms with E-state index in [4.69, 9.17) is 0 Å². The largest absolute Gasteiger partial charge is 0.259 e. The van der Waals surface area contributed by atoms with E-state index in [2.05, 4.69) is 32.4 Å². The molecule has 0 atom stereocenters. The highest BCUT2D eigenvalue weighted by molar-refractivity contribution is 7.97. The summed E-state index contributed by atoms with van der Waals surface area (Å²) in [5, 5.41) is 0. The van der Waals surface area contributed by atoms with Gasteiger partial charge in [0.1, 0.15) is 0 Å². The summed E-state index contributed by atoms with van der Waals surface area (Å²) in [4.78, 5) is 0. The van der Waals surface area contributed by atoms with Crippen LogP contribution in [0.5, 0.6) is 0 Å². The standard InChI is InChI=1S/C8H19NS/c1-5-6-7-10-9-8(2,3)4/h9H,5-7H2,1-4H3. The average molecular weight is 161 g/mol. The molecule has 62 valence electrons. The fourth-order valence-electron chi connectivity index (χ4n) is 0.484. The maximum Gasteiger partial charge on any atom is 0.0198 e. The van der Waals surface area contributed by atoms with Crippen molar-refractivity contribution in [2.45, 2.75) is 46.1 Å². The van der Waals surface area contributed by atoms with E-state index in [1.54, 1.807) is 0 Å². The second kappa shape index (κ2) is 5.03. The minimum atomic E-state index is 0.262. The van der Waals surface area contributed by atoms with Gasteiger partial charge in [0.15, 0.2) is 0 Å². The number of unbranched alkanes of at least 4 members (excludes halogenated alkanes) is 1. The fourth-order valence-corrected chi connectivity index (χ4v) is 1.45. The third-order valence-corrected chi connectivity index (χ3v) is 2.23. The van der Waals surface area contributed by atoms with Crippen molar-refractivity contribution < 1.29 is 0 Å². The zero-order chi connectivity index (χ0) is 8.04. The van der Waals surface area contributed by atoms with Gasteiger partial charge in [-0.2, -0.15) is 0 Å². The van der Waals surface area contributed by atoms with Gasteiger partial charge in [-0.15, -0.1) is 0 Å². The summed E-state index contributed by atoms with van der Waals surface area (Å²) in [7, 11) is 0. The smallest absolute Gasteiger partial charge is 0.0198 e. The molecular formula is C8H19NS. The predicted octanol–water partition coefficient (Wildman–Crippen LogP) is 2.82. The Kier molecular flexibility index (Phi) is 5.18.